The van der Waals surface area contributed by atoms with Gasteiger partial charge in [-0.2, -0.15) is 0 Å². The number of ether oxygens (including phenoxy) is 1. The highest BCUT2D eigenvalue weighted by Crippen LogP contribution is 2.36. The number of amides is 2. The van der Waals surface area contributed by atoms with Gasteiger partial charge in [-0.15, -0.1) is 0 Å². The maximum atomic E-state index is 12.8. The van der Waals surface area contributed by atoms with E-state index < -0.39 is 5.41 Å². The molecule has 2 aromatic rings. The van der Waals surface area contributed by atoms with E-state index in [1.807, 2.05) is 63.2 Å². The SMILES string of the molecule is CCc1cccc(NC(=O)CNc2ccc3c(c2)N(C(=O)C(C)(C)C)CCO3)c1. The number of carbonyl (C=O) groups is 2. The molecule has 0 radical (unpaired) electrons. The first-order valence-corrected chi connectivity index (χ1v) is 9.99. The van der Waals surface area contributed by atoms with Crippen LogP contribution in [0.4, 0.5) is 17.1 Å². The normalized spacial score (nSPS) is 13.3. The van der Waals surface area contributed by atoms with Crippen LogP contribution < -0.4 is 20.3 Å². The lowest BCUT2D eigenvalue weighted by Gasteiger charge is -2.34. The van der Waals surface area contributed by atoms with Crippen molar-refractivity contribution >= 4 is 28.9 Å². The summed E-state index contributed by atoms with van der Waals surface area (Å²) in [5.41, 5.74) is 2.98. The van der Waals surface area contributed by atoms with E-state index in [1.54, 1.807) is 4.90 Å². The lowest BCUT2D eigenvalue weighted by molar-refractivity contribution is -0.126. The van der Waals surface area contributed by atoms with Crippen LogP contribution in [0.15, 0.2) is 42.5 Å². The van der Waals surface area contributed by atoms with Crippen LogP contribution in [-0.2, 0) is 16.0 Å². The molecule has 29 heavy (non-hydrogen) atoms. The monoisotopic (exact) mass is 395 g/mol. The van der Waals surface area contributed by atoms with Gasteiger partial charge in [-0.3, -0.25) is 9.59 Å². The highest BCUT2D eigenvalue weighted by molar-refractivity contribution is 5.99. The Kier molecular flexibility index (Phi) is 6.11. The second kappa shape index (κ2) is 8.55. The molecule has 2 N–H and O–H groups in total. The van der Waals surface area contributed by atoms with Crippen molar-refractivity contribution in [2.75, 3.05) is 35.2 Å². The number of nitrogens with zero attached hydrogens (tertiary/aromatic N) is 1. The number of nitrogens with one attached hydrogen (secondary N) is 2. The summed E-state index contributed by atoms with van der Waals surface area (Å²) in [5.74, 6) is 0.600. The minimum Gasteiger partial charge on any atom is -0.490 e. The van der Waals surface area contributed by atoms with Crippen LogP contribution in [0.25, 0.3) is 0 Å². The van der Waals surface area contributed by atoms with Crippen molar-refractivity contribution in [3.05, 3.63) is 48.0 Å². The molecule has 2 aromatic carbocycles. The van der Waals surface area contributed by atoms with Crippen LogP contribution >= 0.6 is 0 Å². The van der Waals surface area contributed by atoms with Gasteiger partial charge in [-0.1, -0.05) is 39.8 Å². The molecule has 0 saturated carbocycles. The van der Waals surface area contributed by atoms with Gasteiger partial charge in [0.1, 0.15) is 12.4 Å². The molecule has 0 aromatic heterocycles. The van der Waals surface area contributed by atoms with Gasteiger partial charge in [0.05, 0.1) is 18.8 Å². The molecule has 2 amide bonds. The van der Waals surface area contributed by atoms with Crippen molar-refractivity contribution in [2.45, 2.75) is 34.1 Å². The molecule has 0 spiro atoms. The molecule has 1 aliphatic rings. The second-order valence-corrected chi connectivity index (χ2v) is 8.19. The van der Waals surface area contributed by atoms with E-state index in [9.17, 15) is 9.59 Å². The summed E-state index contributed by atoms with van der Waals surface area (Å²) in [6.07, 6.45) is 0.920. The second-order valence-electron chi connectivity index (χ2n) is 8.19. The summed E-state index contributed by atoms with van der Waals surface area (Å²) in [5, 5.41) is 6.04. The van der Waals surface area contributed by atoms with Gasteiger partial charge in [0.25, 0.3) is 0 Å². The molecule has 0 saturated heterocycles. The van der Waals surface area contributed by atoms with E-state index in [-0.39, 0.29) is 18.4 Å². The Bertz CT molecular complexity index is 902. The summed E-state index contributed by atoms with van der Waals surface area (Å²) in [4.78, 5) is 26.9. The van der Waals surface area contributed by atoms with Crippen molar-refractivity contribution in [1.29, 1.82) is 0 Å². The van der Waals surface area contributed by atoms with Gasteiger partial charge in [0, 0.05) is 16.8 Å². The third-order valence-corrected chi connectivity index (χ3v) is 4.78. The Morgan fingerprint density at radius 3 is 2.62 bits per heavy atom. The molecule has 0 fully saturated rings. The van der Waals surface area contributed by atoms with E-state index in [0.717, 1.165) is 23.5 Å². The molecule has 6 heteroatoms. The van der Waals surface area contributed by atoms with E-state index in [0.29, 0.717) is 18.9 Å². The van der Waals surface area contributed by atoms with Crippen LogP contribution in [0.5, 0.6) is 5.75 Å². The maximum Gasteiger partial charge on any atom is 0.243 e. The van der Waals surface area contributed by atoms with E-state index >= 15 is 0 Å². The summed E-state index contributed by atoms with van der Waals surface area (Å²) in [6.45, 7) is 8.92. The zero-order valence-corrected chi connectivity index (χ0v) is 17.5. The van der Waals surface area contributed by atoms with Gasteiger partial charge in [-0.25, -0.2) is 0 Å². The van der Waals surface area contributed by atoms with Gasteiger partial charge in [-0.05, 0) is 42.3 Å². The Morgan fingerprint density at radius 2 is 1.90 bits per heavy atom. The minimum absolute atomic E-state index is 0.0488. The van der Waals surface area contributed by atoms with Gasteiger partial charge >= 0.3 is 0 Å². The zero-order chi connectivity index (χ0) is 21.0. The quantitative estimate of drug-likeness (QED) is 0.801. The number of benzene rings is 2. The number of rotatable bonds is 5. The zero-order valence-electron chi connectivity index (χ0n) is 17.5. The van der Waals surface area contributed by atoms with Crippen molar-refractivity contribution < 1.29 is 14.3 Å². The first kappa shape index (κ1) is 20.7. The largest absolute Gasteiger partial charge is 0.490 e. The van der Waals surface area contributed by atoms with Crippen LogP contribution in [0.3, 0.4) is 0 Å². The molecular weight excluding hydrogens is 366 g/mol. The average molecular weight is 396 g/mol. The molecule has 3 rings (SSSR count). The molecule has 0 aliphatic carbocycles. The number of carbonyl (C=O) groups excluding carboxylic acids is 2. The molecular formula is C23H29N3O3. The number of hydrogen-bond acceptors (Lipinski definition) is 4. The molecule has 1 heterocycles. The van der Waals surface area contributed by atoms with Crippen molar-refractivity contribution in [3.8, 4) is 5.75 Å². The van der Waals surface area contributed by atoms with Gasteiger partial charge in [0.2, 0.25) is 11.8 Å². The first-order chi connectivity index (χ1) is 13.8. The number of anilines is 3. The minimum atomic E-state index is -0.481. The van der Waals surface area contributed by atoms with Gasteiger partial charge in [0.15, 0.2) is 0 Å². The van der Waals surface area contributed by atoms with E-state index in [1.165, 1.54) is 5.56 Å². The van der Waals surface area contributed by atoms with E-state index in [2.05, 4.69) is 17.6 Å². The Morgan fingerprint density at radius 1 is 1.10 bits per heavy atom. The molecule has 0 bridgehead atoms. The summed E-state index contributed by atoms with van der Waals surface area (Å²) < 4.78 is 5.70. The van der Waals surface area contributed by atoms with Gasteiger partial charge < -0.3 is 20.3 Å². The fourth-order valence-corrected chi connectivity index (χ4v) is 3.20. The smallest absolute Gasteiger partial charge is 0.243 e. The number of aryl methyl sites for hydroxylation is 1. The molecule has 0 atom stereocenters. The summed E-state index contributed by atoms with van der Waals surface area (Å²) in [7, 11) is 0. The van der Waals surface area contributed by atoms with Crippen LogP contribution in [0.1, 0.15) is 33.3 Å². The lowest BCUT2D eigenvalue weighted by atomic mass is 9.94. The average Bonchev–Trinajstić information content (AvgIpc) is 2.70. The predicted molar refractivity (Wildman–Crippen MR) is 117 cm³/mol. The lowest BCUT2D eigenvalue weighted by Crippen LogP contribution is -2.44. The van der Waals surface area contributed by atoms with Crippen LogP contribution in [0.2, 0.25) is 0 Å². The van der Waals surface area contributed by atoms with Crippen molar-refractivity contribution in [3.63, 3.8) is 0 Å². The van der Waals surface area contributed by atoms with Crippen molar-refractivity contribution in [1.82, 2.24) is 0 Å². The van der Waals surface area contributed by atoms with Crippen molar-refractivity contribution in [2.24, 2.45) is 5.41 Å². The Hall–Kier alpha value is -3.02. The predicted octanol–water partition coefficient (Wildman–Crippen LogP) is 4.07. The standard InChI is InChI=1S/C23H29N3O3/c1-5-16-7-6-8-18(13-16)25-21(27)15-24-17-9-10-20-19(14-17)26(11-12-29-20)22(28)23(2,3)4/h6-10,13-14,24H,5,11-12,15H2,1-4H3,(H,25,27). The van der Waals surface area contributed by atoms with Crippen LogP contribution in [0, 0.1) is 5.41 Å². The van der Waals surface area contributed by atoms with Crippen LogP contribution in [-0.4, -0.2) is 31.5 Å². The third kappa shape index (κ3) is 5.08. The highest BCUT2D eigenvalue weighted by atomic mass is 16.5. The first-order valence-electron chi connectivity index (χ1n) is 9.99. The molecule has 0 unspecified atom stereocenters. The Balaban J connectivity index is 1.67. The third-order valence-electron chi connectivity index (χ3n) is 4.78. The highest BCUT2D eigenvalue weighted by Gasteiger charge is 2.31. The number of hydrogen-bond donors (Lipinski definition) is 2. The fourth-order valence-electron chi connectivity index (χ4n) is 3.20. The molecule has 1 aliphatic heterocycles. The maximum absolute atomic E-state index is 12.8. The Labute approximate surface area is 172 Å². The summed E-state index contributed by atoms with van der Waals surface area (Å²) >= 11 is 0. The molecule has 154 valence electrons. The van der Waals surface area contributed by atoms with E-state index in [4.69, 9.17) is 4.74 Å². The molecule has 6 nitrogen and oxygen atoms in total. The summed E-state index contributed by atoms with van der Waals surface area (Å²) in [6, 6.07) is 13.4. The topological polar surface area (TPSA) is 70.7 Å². The number of fused-ring (bicyclic) bond motifs is 1. The fraction of sp³-hybridized carbons (Fsp3) is 0.391.